The molecule has 2 rings (SSSR count). The third kappa shape index (κ3) is 3.35. The van der Waals surface area contributed by atoms with Crippen LogP contribution >= 0.6 is 11.6 Å². The van der Waals surface area contributed by atoms with Gasteiger partial charge in [-0.2, -0.15) is 5.10 Å². The zero-order chi connectivity index (χ0) is 13.7. The molecule has 0 fully saturated rings. The molecule has 0 saturated carbocycles. The van der Waals surface area contributed by atoms with Crippen LogP contribution in [0.2, 0.25) is 0 Å². The van der Waals surface area contributed by atoms with Gasteiger partial charge in [0.2, 0.25) is 0 Å². The lowest BCUT2D eigenvalue weighted by Gasteiger charge is -2.07. The van der Waals surface area contributed by atoms with Crippen LogP contribution in [-0.4, -0.2) is 16.8 Å². The summed E-state index contributed by atoms with van der Waals surface area (Å²) < 4.78 is 5.57. The first-order valence-electron chi connectivity index (χ1n) is 6.12. The van der Waals surface area contributed by atoms with Crippen LogP contribution in [-0.2, 0) is 5.88 Å². The summed E-state index contributed by atoms with van der Waals surface area (Å²) in [5.41, 5.74) is 1.82. The Balaban J connectivity index is 2.33. The van der Waals surface area contributed by atoms with Crippen molar-refractivity contribution < 1.29 is 4.74 Å². The summed E-state index contributed by atoms with van der Waals surface area (Å²) in [5, 5.41) is 6.48. The minimum atomic E-state index is -0.253. The summed E-state index contributed by atoms with van der Waals surface area (Å²) >= 11 is 5.72. The molecule has 19 heavy (non-hydrogen) atoms. The first-order chi connectivity index (χ1) is 9.24. The number of rotatable bonds is 5. The van der Waals surface area contributed by atoms with Crippen LogP contribution in [0, 0.1) is 0 Å². The Morgan fingerprint density at radius 1 is 1.37 bits per heavy atom. The van der Waals surface area contributed by atoms with Crippen molar-refractivity contribution in [3.63, 3.8) is 0 Å². The molecular weight excluding hydrogens is 264 g/mol. The van der Waals surface area contributed by atoms with Gasteiger partial charge in [0.05, 0.1) is 18.2 Å². The van der Waals surface area contributed by atoms with Crippen molar-refractivity contribution in [1.29, 1.82) is 0 Å². The van der Waals surface area contributed by atoms with Gasteiger partial charge in [-0.15, -0.1) is 11.6 Å². The molecule has 0 aliphatic carbocycles. The zero-order valence-electron chi connectivity index (χ0n) is 10.6. The number of nitrogens with zero attached hydrogens (tertiary/aromatic N) is 1. The fourth-order valence-corrected chi connectivity index (χ4v) is 1.86. The lowest BCUT2D eigenvalue weighted by molar-refractivity contribution is 0.317. The molecule has 5 heteroatoms. The molecule has 1 heterocycles. The molecule has 0 atom stereocenters. The van der Waals surface area contributed by atoms with E-state index in [1.807, 2.05) is 24.3 Å². The lowest BCUT2D eigenvalue weighted by atomic mass is 10.1. The number of hydrogen-bond acceptors (Lipinski definition) is 3. The highest BCUT2D eigenvalue weighted by Gasteiger charge is 2.05. The molecule has 1 N–H and O–H groups in total. The molecule has 0 radical (unpaired) electrons. The van der Waals surface area contributed by atoms with Gasteiger partial charge in [-0.3, -0.25) is 4.79 Å². The molecule has 100 valence electrons. The van der Waals surface area contributed by atoms with Crippen LogP contribution in [0.3, 0.4) is 0 Å². The number of nitrogens with one attached hydrogen (secondary N) is 1. The number of benzene rings is 1. The van der Waals surface area contributed by atoms with Crippen LogP contribution in [0.5, 0.6) is 5.75 Å². The second-order valence-corrected chi connectivity index (χ2v) is 4.38. The maximum absolute atomic E-state index is 11.4. The normalized spacial score (nSPS) is 10.4. The third-order valence-corrected chi connectivity index (χ3v) is 2.92. The van der Waals surface area contributed by atoms with E-state index in [0.717, 1.165) is 17.7 Å². The van der Waals surface area contributed by atoms with Gasteiger partial charge >= 0.3 is 0 Å². The first-order valence-corrected chi connectivity index (χ1v) is 6.66. The Morgan fingerprint density at radius 2 is 2.21 bits per heavy atom. The van der Waals surface area contributed by atoms with Crippen molar-refractivity contribution >= 4 is 11.6 Å². The molecule has 1 aromatic heterocycles. The molecule has 0 bridgehead atoms. The Morgan fingerprint density at radius 3 is 2.95 bits per heavy atom. The third-order valence-electron chi connectivity index (χ3n) is 2.63. The van der Waals surface area contributed by atoms with Crippen molar-refractivity contribution in [3.8, 4) is 17.0 Å². The van der Waals surface area contributed by atoms with E-state index < -0.39 is 0 Å². The fourth-order valence-electron chi connectivity index (χ4n) is 1.66. The van der Waals surface area contributed by atoms with Crippen molar-refractivity contribution in [2.45, 2.75) is 19.2 Å². The predicted octanol–water partition coefficient (Wildman–Crippen LogP) is 2.96. The Hall–Kier alpha value is -1.81. The molecule has 0 saturated heterocycles. The van der Waals surface area contributed by atoms with Crippen LogP contribution < -0.4 is 10.3 Å². The summed E-state index contributed by atoms with van der Waals surface area (Å²) in [6.45, 7) is 2.73. The topological polar surface area (TPSA) is 55.0 Å². The van der Waals surface area contributed by atoms with E-state index in [9.17, 15) is 4.79 Å². The second-order valence-electron chi connectivity index (χ2n) is 4.12. The van der Waals surface area contributed by atoms with E-state index in [2.05, 4.69) is 17.1 Å². The summed E-state index contributed by atoms with van der Waals surface area (Å²) in [6, 6.07) is 9.30. The summed E-state index contributed by atoms with van der Waals surface area (Å²) in [5.74, 6) is 0.955. The predicted molar refractivity (Wildman–Crippen MR) is 75.6 cm³/mol. The van der Waals surface area contributed by atoms with Crippen molar-refractivity contribution in [2.75, 3.05) is 6.61 Å². The van der Waals surface area contributed by atoms with Crippen LogP contribution in [0.25, 0.3) is 11.3 Å². The van der Waals surface area contributed by atoms with Crippen molar-refractivity contribution in [1.82, 2.24) is 10.2 Å². The Bertz CT molecular complexity index is 610. The average Bonchev–Trinajstić information content (AvgIpc) is 2.46. The number of ether oxygens (including phenoxy) is 1. The van der Waals surface area contributed by atoms with E-state index in [0.29, 0.717) is 17.9 Å². The van der Waals surface area contributed by atoms with Gasteiger partial charge in [0.25, 0.3) is 5.56 Å². The molecule has 0 spiro atoms. The highest BCUT2D eigenvalue weighted by atomic mass is 35.5. The minimum Gasteiger partial charge on any atom is -0.494 e. The van der Waals surface area contributed by atoms with Crippen LogP contribution in [0.4, 0.5) is 0 Å². The smallest absolute Gasteiger partial charge is 0.268 e. The maximum atomic E-state index is 11.4. The lowest BCUT2D eigenvalue weighted by Crippen LogP contribution is -2.13. The van der Waals surface area contributed by atoms with Gasteiger partial charge in [0, 0.05) is 11.1 Å². The minimum absolute atomic E-state index is 0.164. The van der Waals surface area contributed by atoms with E-state index in [1.54, 1.807) is 6.07 Å². The van der Waals surface area contributed by atoms with Gasteiger partial charge in [-0.1, -0.05) is 19.1 Å². The van der Waals surface area contributed by atoms with Gasteiger partial charge in [-0.25, -0.2) is 5.10 Å². The maximum Gasteiger partial charge on any atom is 0.268 e. The molecule has 0 aliphatic heterocycles. The monoisotopic (exact) mass is 278 g/mol. The van der Waals surface area contributed by atoms with E-state index in [4.69, 9.17) is 16.3 Å². The number of aromatic amines is 1. The Kier molecular flexibility index (Phi) is 4.58. The molecule has 0 unspecified atom stereocenters. The fraction of sp³-hybridized carbons (Fsp3) is 0.286. The molecule has 4 nitrogen and oxygen atoms in total. The number of aromatic nitrogens is 2. The first kappa shape index (κ1) is 13.6. The molecule has 0 aliphatic rings. The quantitative estimate of drug-likeness (QED) is 0.856. The average molecular weight is 279 g/mol. The summed E-state index contributed by atoms with van der Waals surface area (Å²) in [7, 11) is 0. The van der Waals surface area contributed by atoms with Crippen molar-refractivity contribution in [2.24, 2.45) is 0 Å². The van der Waals surface area contributed by atoms with Gasteiger partial charge in [0.1, 0.15) is 5.75 Å². The number of H-pyrrole nitrogens is 1. The van der Waals surface area contributed by atoms with Crippen LogP contribution in [0.15, 0.2) is 35.1 Å². The van der Waals surface area contributed by atoms with Gasteiger partial charge < -0.3 is 4.74 Å². The van der Waals surface area contributed by atoms with E-state index in [1.165, 1.54) is 0 Å². The second kappa shape index (κ2) is 6.38. The molecule has 2 aromatic rings. The Labute approximate surface area is 116 Å². The zero-order valence-corrected chi connectivity index (χ0v) is 11.4. The van der Waals surface area contributed by atoms with Crippen molar-refractivity contribution in [3.05, 3.63) is 46.2 Å². The SMILES string of the molecule is CCCOc1cccc(-c2cc(CCl)c(=O)[nH]n2)c1. The summed E-state index contributed by atoms with van der Waals surface area (Å²) in [4.78, 5) is 11.4. The molecular formula is C14H15ClN2O2. The standard InChI is InChI=1S/C14H15ClN2O2/c1-2-6-19-12-5-3-4-10(7-12)13-8-11(9-15)14(18)17-16-13/h3-5,7-8H,2,6,9H2,1H3,(H,17,18). The number of halogens is 1. The van der Waals surface area contributed by atoms with E-state index in [-0.39, 0.29) is 11.4 Å². The summed E-state index contributed by atoms with van der Waals surface area (Å²) in [6.07, 6.45) is 0.956. The number of alkyl halides is 1. The molecule has 0 amide bonds. The van der Waals surface area contributed by atoms with Crippen LogP contribution in [0.1, 0.15) is 18.9 Å². The highest BCUT2D eigenvalue weighted by molar-refractivity contribution is 6.17. The van der Waals surface area contributed by atoms with E-state index >= 15 is 0 Å². The van der Waals surface area contributed by atoms with Gasteiger partial charge in [-0.05, 0) is 24.6 Å². The number of hydrogen-bond donors (Lipinski definition) is 1. The molecule has 1 aromatic carbocycles. The largest absolute Gasteiger partial charge is 0.494 e. The van der Waals surface area contributed by atoms with Gasteiger partial charge in [0.15, 0.2) is 0 Å². The highest BCUT2D eigenvalue weighted by Crippen LogP contribution is 2.22.